The van der Waals surface area contributed by atoms with Crippen molar-refractivity contribution in [1.82, 2.24) is 0 Å². The summed E-state index contributed by atoms with van der Waals surface area (Å²) in [6.07, 6.45) is 4.14. The largest absolute Gasteiger partial charge is 0.207 e. The second kappa shape index (κ2) is 6.15. The molecule has 0 bridgehead atoms. The van der Waals surface area contributed by atoms with Crippen LogP contribution in [-0.2, 0) is 0 Å². The van der Waals surface area contributed by atoms with Crippen molar-refractivity contribution in [1.29, 1.82) is 0 Å². The van der Waals surface area contributed by atoms with Crippen LogP contribution in [0.3, 0.4) is 0 Å². The van der Waals surface area contributed by atoms with E-state index in [9.17, 15) is 13.2 Å². The van der Waals surface area contributed by atoms with Crippen molar-refractivity contribution in [3.05, 3.63) is 59.4 Å². The number of halogens is 3. The molecule has 0 atom stereocenters. The van der Waals surface area contributed by atoms with Crippen LogP contribution >= 0.6 is 0 Å². The van der Waals surface area contributed by atoms with Crippen LogP contribution in [-0.4, -0.2) is 0 Å². The van der Waals surface area contributed by atoms with Gasteiger partial charge in [0, 0.05) is 0 Å². The second-order valence-electron chi connectivity index (χ2n) is 6.33. The van der Waals surface area contributed by atoms with Gasteiger partial charge >= 0.3 is 0 Å². The summed E-state index contributed by atoms with van der Waals surface area (Å²) in [6.45, 7) is 2.21. The van der Waals surface area contributed by atoms with Crippen molar-refractivity contribution in [2.24, 2.45) is 5.92 Å². The summed E-state index contributed by atoms with van der Waals surface area (Å²) < 4.78 is 42.1. The molecule has 0 N–H and O–H groups in total. The molecule has 1 saturated carbocycles. The maximum atomic E-state index is 14.4. The maximum absolute atomic E-state index is 14.4. The van der Waals surface area contributed by atoms with Crippen molar-refractivity contribution in [2.75, 3.05) is 0 Å². The average molecular weight is 304 g/mol. The number of hydrogen-bond donors (Lipinski definition) is 0. The Morgan fingerprint density at radius 2 is 1.50 bits per heavy atom. The summed E-state index contributed by atoms with van der Waals surface area (Å²) in [6, 6.07) is 8.24. The zero-order valence-corrected chi connectivity index (χ0v) is 12.6. The quantitative estimate of drug-likeness (QED) is 0.632. The molecule has 1 fully saturated rings. The SMILES string of the molecule is CC1CCC(c2cc(F)c(-c3cccc(F)c3)c(F)c2)CC1. The van der Waals surface area contributed by atoms with E-state index in [1.165, 1.54) is 30.3 Å². The summed E-state index contributed by atoms with van der Waals surface area (Å²) in [4.78, 5) is 0. The van der Waals surface area contributed by atoms with Crippen LogP contribution < -0.4 is 0 Å². The molecule has 3 rings (SSSR count). The van der Waals surface area contributed by atoms with Crippen LogP contribution in [0.15, 0.2) is 36.4 Å². The molecule has 0 radical (unpaired) electrons. The summed E-state index contributed by atoms with van der Waals surface area (Å²) in [7, 11) is 0. The third-order valence-corrected chi connectivity index (χ3v) is 4.66. The van der Waals surface area contributed by atoms with Crippen LogP contribution in [0.1, 0.15) is 44.1 Å². The smallest absolute Gasteiger partial charge is 0.134 e. The van der Waals surface area contributed by atoms with Crippen LogP contribution in [0, 0.1) is 23.4 Å². The standard InChI is InChI=1S/C19H19F3/c1-12-5-7-13(8-6-12)15-10-17(21)19(18(22)11-15)14-3-2-4-16(20)9-14/h2-4,9-13H,5-8H2,1H3. The molecule has 0 aliphatic heterocycles. The minimum atomic E-state index is -0.612. The molecular weight excluding hydrogens is 285 g/mol. The van der Waals surface area contributed by atoms with Gasteiger partial charge in [0.2, 0.25) is 0 Å². The molecule has 0 spiro atoms. The molecule has 0 unspecified atom stereocenters. The van der Waals surface area contributed by atoms with Gasteiger partial charge in [-0.2, -0.15) is 0 Å². The Morgan fingerprint density at radius 1 is 0.864 bits per heavy atom. The van der Waals surface area contributed by atoms with Gasteiger partial charge < -0.3 is 0 Å². The summed E-state index contributed by atoms with van der Waals surface area (Å²) in [5.41, 5.74) is 0.813. The molecule has 0 amide bonds. The van der Waals surface area contributed by atoms with E-state index in [2.05, 4.69) is 6.92 Å². The van der Waals surface area contributed by atoms with Gasteiger partial charge in [-0.05, 0) is 60.1 Å². The van der Waals surface area contributed by atoms with Crippen molar-refractivity contribution >= 4 is 0 Å². The summed E-state index contributed by atoms with van der Waals surface area (Å²) in [5.74, 6) is -0.806. The highest BCUT2D eigenvalue weighted by Gasteiger charge is 2.22. The molecular formula is C19H19F3. The zero-order valence-electron chi connectivity index (χ0n) is 12.6. The van der Waals surface area contributed by atoms with E-state index in [1.807, 2.05) is 0 Å². The third-order valence-electron chi connectivity index (χ3n) is 4.66. The second-order valence-corrected chi connectivity index (χ2v) is 6.33. The van der Waals surface area contributed by atoms with Crippen molar-refractivity contribution in [3.8, 4) is 11.1 Å². The van der Waals surface area contributed by atoms with Crippen LogP contribution in [0.25, 0.3) is 11.1 Å². The van der Waals surface area contributed by atoms with Gasteiger partial charge in [0.25, 0.3) is 0 Å². The first kappa shape index (κ1) is 15.1. The molecule has 0 aromatic heterocycles. The fourth-order valence-electron chi connectivity index (χ4n) is 3.34. The lowest BCUT2D eigenvalue weighted by Crippen LogP contribution is -2.11. The van der Waals surface area contributed by atoms with Crippen molar-refractivity contribution in [2.45, 2.75) is 38.5 Å². The Hall–Kier alpha value is -1.77. The van der Waals surface area contributed by atoms with E-state index in [-0.39, 0.29) is 17.0 Å². The summed E-state index contributed by atoms with van der Waals surface area (Å²) >= 11 is 0. The van der Waals surface area contributed by atoms with Gasteiger partial charge in [0.15, 0.2) is 0 Å². The molecule has 2 aromatic rings. The lowest BCUT2D eigenvalue weighted by atomic mass is 9.79. The lowest BCUT2D eigenvalue weighted by molar-refractivity contribution is 0.346. The Bertz CT molecular complexity index is 647. The zero-order chi connectivity index (χ0) is 15.7. The van der Waals surface area contributed by atoms with E-state index in [1.54, 1.807) is 0 Å². The Balaban J connectivity index is 1.95. The van der Waals surface area contributed by atoms with Gasteiger partial charge in [-0.15, -0.1) is 0 Å². The molecule has 1 aliphatic rings. The first-order valence-electron chi connectivity index (χ1n) is 7.79. The first-order valence-corrected chi connectivity index (χ1v) is 7.79. The van der Waals surface area contributed by atoms with Crippen molar-refractivity contribution in [3.63, 3.8) is 0 Å². The van der Waals surface area contributed by atoms with Crippen LogP contribution in [0.4, 0.5) is 13.2 Å². The van der Waals surface area contributed by atoms with E-state index in [0.29, 0.717) is 5.92 Å². The predicted octanol–water partition coefficient (Wildman–Crippen LogP) is 6.06. The van der Waals surface area contributed by atoms with E-state index in [4.69, 9.17) is 0 Å². The molecule has 22 heavy (non-hydrogen) atoms. The minimum absolute atomic E-state index is 0.146. The molecule has 0 saturated heterocycles. The van der Waals surface area contributed by atoms with Crippen LogP contribution in [0.2, 0.25) is 0 Å². The molecule has 0 heterocycles. The maximum Gasteiger partial charge on any atom is 0.134 e. The molecule has 1 aliphatic carbocycles. The predicted molar refractivity (Wildman–Crippen MR) is 82.1 cm³/mol. The van der Waals surface area contributed by atoms with Crippen LogP contribution in [0.5, 0.6) is 0 Å². The normalized spacial score (nSPS) is 21.8. The van der Waals surface area contributed by atoms with Gasteiger partial charge in [-0.1, -0.05) is 31.9 Å². The molecule has 0 nitrogen and oxygen atoms in total. The van der Waals surface area contributed by atoms with Gasteiger partial charge in [0.1, 0.15) is 17.5 Å². The lowest BCUT2D eigenvalue weighted by Gasteiger charge is -2.26. The number of rotatable bonds is 2. The highest BCUT2D eigenvalue weighted by Crippen LogP contribution is 2.38. The Labute approximate surface area is 129 Å². The fourth-order valence-corrected chi connectivity index (χ4v) is 3.34. The van der Waals surface area contributed by atoms with Gasteiger partial charge in [-0.3, -0.25) is 0 Å². The molecule has 116 valence electrons. The highest BCUT2D eigenvalue weighted by molar-refractivity contribution is 5.65. The first-order chi connectivity index (χ1) is 10.5. The monoisotopic (exact) mass is 304 g/mol. The molecule has 2 aromatic carbocycles. The number of hydrogen-bond acceptors (Lipinski definition) is 0. The van der Waals surface area contributed by atoms with Gasteiger partial charge in [-0.25, -0.2) is 13.2 Å². The molecule has 3 heteroatoms. The minimum Gasteiger partial charge on any atom is -0.207 e. The van der Waals surface area contributed by atoms with Crippen molar-refractivity contribution < 1.29 is 13.2 Å². The Morgan fingerprint density at radius 3 is 2.09 bits per heavy atom. The fraction of sp³-hybridized carbons (Fsp3) is 0.368. The third kappa shape index (κ3) is 3.03. The Kier molecular flexibility index (Phi) is 4.23. The summed E-state index contributed by atoms with van der Waals surface area (Å²) in [5, 5.41) is 0. The average Bonchev–Trinajstić information content (AvgIpc) is 2.47. The van der Waals surface area contributed by atoms with Gasteiger partial charge in [0.05, 0.1) is 5.56 Å². The number of benzene rings is 2. The van der Waals surface area contributed by atoms with E-state index < -0.39 is 17.5 Å². The highest BCUT2D eigenvalue weighted by atomic mass is 19.1. The van der Waals surface area contributed by atoms with E-state index >= 15 is 0 Å². The van der Waals surface area contributed by atoms with E-state index in [0.717, 1.165) is 37.3 Å². The topological polar surface area (TPSA) is 0 Å².